The molecule has 0 aliphatic rings. The molecule has 0 radical (unpaired) electrons. The second kappa shape index (κ2) is 6.39. The molecule has 3 N–H and O–H groups in total. The van der Waals surface area contributed by atoms with E-state index in [0.717, 1.165) is 5.56 Å². The summed E-state index contributed by atoms with van der Waals surface area (Å²) in [6.45, 7) is 0. The summed E-state index contributed by atoms with van der Waals surface area (Å²) in [5.74, 6) is -0.0497. The van der Waals surface area contributed by atoms with Gasteiger partial charge in [-0.05, 0) is 17.7 Å². The lowest BCUT2D eigenvalue weighted by Gasteiger charge is -2.15. The zero-order valence-electron chi connectivity index (χ0n) is 12.6. The Labute approximate surface area is 133 Å². The van der Waals surface area contributed by atoms with E-state index in [9.17, 15) is 9.90 Å². The number of phenolic OH excluding ortho intramolecular Hbond substituents is 1. The maximum atomic E-state index is 12.1. The van der Waals surface area contributed by atoms with Crippen molar-refractivity contribution >= 4 is 23.0 Å². The Hall–Kier alpha value is -3.02. The summed E-state index contributed by atoms with van der Waals surface area (Å²) in [6, 6.07) is 14.1. The smallest absolute Gasteiger partial charge is 0.296 e. The Morgan fingerprint density at radius 1 is 1.26 bits per heavy atom. The van der Waals surface area contributed by atoms with Gasteiger partial charge in [0.25, 0.3) is 6.01 Å². The Morgan fingerprint density at radius 2 is 2.04 bits per heavy atom. The first-order valence-corrected chi connectivity index (χ1v) is 7.27. The number of carbonyl (C=O) groups excluding carboxylic acids is 1. The number of benzene rings is 2. The highest BCUT2D eigenvalue weighted by Crippen LogP contribution is 2.23. The molecule has 1 heterocycles. The van der Waals surface area contributed by atoms with Gasteiger partial charge in [-0.1, -0.05) is 30.3 Å². The minimum atomic E-state index is -0.510. The van der Waals surface area contributed by atoms with E-state index in [1.807, 2.05) is 30.3 Å². The van der Waals surface area contributed by atoms with E-state index in [-0.39, 0.29) is 17.7 Å². The number of hydrogen-bond acceptors (Lipinski definition) is 5. The zero-order valence-corrected chi connectivity index (χ0v) is 12.6. The molecule has 23 heavy (non-hydrogen) atoms. The first-order valence-electron chi connectivity index (χ1n) is 7.27. The van der Waals surface area contributed by atoms with Gasteiger partial charge in [-0.15, -0.1) is 0 Å². The first kappa shape index (κ1) is 14.9. The van der Waals surface area contributed by atoms with Gasteiger partial charge < -0.3 is 20.2 Å². The van der Waals surface area contributed by atoms with Crippen LogP contribution in [0.25, 0.3) is 11.1 Å². The van der Waals surface area contributed by atoms with Crippen LogP contribution in [-0.2, 0) is 11.2 Å². The molecule has 0 unspecified atom stereocenters. The van der Waals surface area contributed by atoms with Crippen LogP contribution in [0.15, 0.2) is 52.9 Å². The number of rotatable bonds is 5. The first-order chi connectivity index (χ1) is 11.2. The van der Waals surface area contributed by atoms with Crippen LogP contribution in [-0.4, -0.2) is 29.1 Å². The minimum absolute atomic E-state index is 0.104. The van der Waals surface area contributed by atoms with Gasteiger partial charge in [0.2, 0.25) is 5.91 Å². The third-order valence-corrected chi connectivity index (χ3v) is 3.52. The van der Waals surface area contributed by atoms with Gasteiger partial charge in [0.1, 0.15) is 17.3 Å². The zero-order chi connectivity index (χ0) is 16.2. The van der Waals surface area contributed by atoms with Crippen molar-refractivity contribution in [1.82, 2.24) is 10.3 Å². The molecule has 0 spiro atoms. The number of nitrogens with one attached hydrogen (secondary N) is 2. The molecule has 0 aliphatic carbocycles. The van der Waals surface area contributed by atoms with Crippen LogP contribution in [0.1, 0.15) is 5.56 Å². The van der Waals surface area contributed by atoms with Crippen LogP contribution < -0.4 is 10.6 Å². The van der Waals surface area contributed by atoms with Gasteiger partial charge in [-0.2, -0.15) is 4.98 Å². The molecule has 1 aromatic heterocycles. The van der Waals surface area contributed by atoms with Crippen molar-refractivity contribution in [1.29, 1.82) is 0 Å². The minimum Gasteiger partial charge on any atom is -0.508 e. The lowest BCUT2D eigenvalue weighted by atomic mass is 10.1. The molecule has 0 saturated heterocycles. The number of likely N-dealkylation sites (N-methyl/N-ethyl adjacent to an activating group) is 1. The molecular formula is C17H17N3O3. The monoisotopic (exact) mass is 311 g/mol. The molecule has 0 bridgehead atoms. The Morgan fingerprint density at radius 3 is 2.78 bits per heavy atom. The number of aromatic hydroxyl groups is 1. The van der Waals surface area contributed by atoms with Gasteiger partial charge in [-0.3, -0.25) is 4.79 Å². The van der Waals surface area contributed by atoms with Gasteiger partial charge in [0, 0.05) is 19.5 Å². The predicted octanol–water partition coefficient (Wildman–Crippen LogP) is 2.30. The third-order valence-electron chi connectivity index (χ3n) is 3.52. The molecule has 3 aromatic rings. The van der Waals surface area contributed by atoms with E-state index in [2.05, 4.69) is 15.6 Å². The summed E-state index contributed by atoms with van der Waals surface area (Å²) < 4.78 is 5.55. The molecule has 2 aromatic carbocycles. The summed E-state index contributed by atoms with van der Waals surface area (Å²) in [5.41, 5.74) is 2.10. The highest BCUT2D eigenvalue weighted by Gasteiger charge is 2.20. The molecule has 3 rings (SSSR count). The number of amides is 1. The van der Waals surface area contributed by atoms with Crippen LogP contribution in [0.4, 0.5) is 6.01 Å². The molecule has 0 fully saturated rings. The molecular weight excluding hydrogens is 294 g/mol. The highest BCUT2D eigenvalue weighted by atomic mass is 16.4. The standard InChI is InChI=1S/C17H17N3O3/c1-18-16(22)14(9-11-5-3-2-4-6-11)20-17-19-13-8-7-12(21)10-15(13)23-17/h2-8,10,14,21H,9H2,1H3,(H,18,22)(H,19,20)/t14-/m0/s1. The number of phenols is 1. The quantitative estimate of drug-likeness (QED) is 0.673. The largest absolute Gasteiger partial charge is 0.508 e. The SMILES string of the molecule is CNC(=O)[C@H](Cc1ccccc1)Nc1nc2ccc(O)cc2o1. The maximum absolute atomic E-state index is 12.1. The number of anilines is 1. The lowest BCUT2D eigenvalue weighted by molar-refractivity contribution is -0.121. The maximum Gasteiger partial charge on any atom is 0.296 e. The second-order valence-corrected chi connectivity index (χ2v) is 5.17. The van der Waals surface area contributed by atoms with Gasteiger partial charge in [0.15, 0.2) is 5.58 Å². The fourth-order valence-corrected chi connectivity index (χ4v) is 2.36. The lowest BCUT2D eigenvalue weighted by Crippen LogP contribution is -2.39. The van der Waals surface area contributed by atoms with E-state index in [0.29, 0.717) is 17.5 Å². The summed E-state index contributed by atoms with van der Waals surface area (Å²) in [5, 5.41) is 15.1. The van der Waals surface area contributed by atoms with E-state index in [1.165, 1.54) is 12.1 Å². The Balaban J connectivity index is 1.83. The van der Waals surface area contributed by atoms with E-state index in [4.69, 9.17) is 4.42 Å². The molecule has 6 nitrogen and oxygen atoms in total. The van der Waals surface area contributed by atoms with Crippen molar-refractivity contribution in [3.05, 3.63) is 54.1 Å². The van der Waals surface area contributed by atoms with Gasteiger partial charge in [0.05, 0.1) is 0 Å². The summed E-state index contributed by atoms with van der Waals surface area (Å²) >= 11 is 0. The number of hydrogen-bond donors (Lipinski definition) is 3. The molecule has 0 saturated carbocycles. The van der Waals surface area contributed by atoms with Crippen LogP contribution in [0.2, 0.25) is 0 Å². The van der Waals surface area contributed by atoms with E-state index >= 15 is 0 Å². The van der Waals surface area contributed by atoms with Gasteiger partial charge in [-0.25, -0.2) is 0 Å². The van der Waals surface area contributed by atoms with Crippen LogP contribution >= 0.6 is 0 Å². The fourth-order valence-electron chi connectivity index (χ4n) is 2.36. The van der Waals surface area contributed by atoms with Crippen LogP contribution in [0, 0.1) is 0 Å². The van der Waals surface area contributed by atoms with Crippen molar-refractivity contribution in [3.8, 4) is 5.75 Å². The van der Waals surface area contributed by atoms with Crippen molar-refractivity contribution in [3.63, 3.8) is 0 Å². The topological polar surface area (TPSA) is 87.4 Å². The molecule has 0 aliphatic heterocycles. The third kappa shape index (κ3) is 3.42. The fraction of sp³-hybridized carbons (Fsp3) is 0.176. The van der Waals surface area contributed by atoms with Crippen LogP contribution in [0.5, 0.6) is 5.75 Å². The van der Waals surface area contributed by atoms with Crippen molar-refractivity contribution < 1.29 is 14.3 Å². The molecule has 1 atom stereocenters. The molecule has 6 heteroatoms. The summed E-state index contributed by atoms with van der Waals surface area (Å²) in [7, 11) is 1.59. The predicted molar refractivity (Wildman–Crippen MR) is 87.3 cm³/mol. The average Bonchev–Trinajstić information content (AvgIpc) is 2.96. The highest BCUT2D eigenvalue weighted by molar-refractivity contribution is 5.84. The Kier molecular flexibility index (Phi) is 4.14. The molecule has 118 valence electrons. The second-order valence-electron chi connectivity index (χ2n) is 5.17. The Bertz CT molecular complexity index is 814. The number of carbonyl (C=O) groups is 1. The molecule has 1 amide bonds. The summed E-state index contributed by atoms with van der Waals surface area (Å²) in [6.07, 6.45) is 0.504. The summed E-state index contributed by atoms with van der Waals surface area (Å²) in [4.78, 5) is 16.4. The number of fused-ring (bicyclic) bond motifs is 1. The number of nitrogens with zero attached hydrogens (tertiary/aromatic N) is 1. The van der Waals surface area contributed by atoms with Crippen molar-refractivity contribution in [2.75, 3.05) is 12.4 Å². The van der Waals surface area contributed by atoms with Crippen molar-refractivity contribution in [2.45, 2.75) is 12.5 Å². The number of oxazole rings is 1. The van der Waals surface area contributed by atoms with Crippen molar-refractivity contribution in [2.24, 2.45) is 0 Å². The van der Waals surface area contributed by atoms with E-state index in [1.54, 1.807) is 13.1 Å². The van der Waals surface area contributed by atoms with Crippen LogP contribution in [0.3, 0.4) is 0 Å². The van der Waals surface area contributed by atoms with E-state index < -0.39 is 6.04 Å². The average molecular weight is 311 g/mol. The number of aromatic nitrogens is 1. The van der Waals surface area contributed by atoms with Gasteiger partial charge >= 0.3 is 0 Å². The normalized spacial score (nSPS) is 12.0.